The van der Waals surface area contributed by atoms with E-state index < -0.39 is 4.92 Å². The van der Waals surface area contributed by atoms with Crippen LogP contribution in [0.3, 0.4) is 0 Å². The normalized spacial score (nSPS) is 11.1. The van der Waals surface area contributed by atoms with Crippen LogP contribution in [0.1, 0.15) is 18.1 Å². The Morgan fingerprint density at radius 1 is 1.29 bits per heavy atom. The Morgan fingerprint density at radius 3 is 2.71 bits per heavy atom. The number of aromatic nitrogens is 3. The van der Waals surface area contributed by atoms with Gasteiger partial charge in [-0.1, -0.05) is 53.2 Å². The molecule has 31 heavy (non-hydrogen) atoms. The highest BCUT2D eigenvalue weighted by Gasteiger charge is 2.14. The minimum atomic E-state index is -0.530. The van der Waals surface area contributed by atoms with Gasteiger partial charge in [0.2, 0.25) is 0 Å². The van der Waals surface area contributed by atoms with Gasteiger partial charge >= 0.3 is 0 Å². The first-order chi connectivity index (χ1) is 14.9. The first kappa shape index (κ1) is 22.4. The lowest BCUT2D eigenvalue weighted by atomic mass is 10.1. The van der Waals surface area contributed by atoms with Gasteiger partial charge in [-0.25, -0.2) is 5.43 Å². The smallest absolute Gasteiger partial charge is 0.270 e. The summed E-state index contributed by atoms with van der Waals surface area (Å²) in [6.45, 7) is 4.66. The van der Waals surface area contributed by atoms with Crippen molar-refractivity contribution in [3.05, 3.63) is 68.7 Å². The molecule has 1 aromatic heterocycles. The van der Waals surface area contributed by atoms with Gasteiger partial charge in [-0.3, -0.25) is 14.9 Å². The van der Waals surface area contributed by atoms with Crippen LogP contribution in [-0.2, 0) is 11.3 Å². The Kier molecular flexibility index (Phi) is 7.37. The van der Waals surface area contributed by atoms with Crippen molar-refractivity contribution in [3.8, 4) is 11.4 Å². The number of rotatable bonds is 8. The molecule has 2 aromatic carbocycles. The van der Waals surface area contributed by atoms with Crippen LogP contribution in [0.4, 0.5) is 5.69 Å². The second-order valence-corrected chi connectivity index (χ2v) is 7.81. The number of nitrogens with zero attached hydrogens (tertiary/aromatic N) is 5. The van der Waals surface area contributed by atoms with Crippen LogP contribution in [0.5, 0.6) is 0 Å². The number of thioether (sulfide) groups is 1. The topological polar surface area (TPSA) is 115 Å². The van der Waals surface area contributed by atoms with Gasteiger partial charge in [0.1, 0.15) is 0 Å². The molecular formula is C20H19ClN6O3S. The number of benzene rings is 2. The molecule has 1 N–H and O–H groups in total. The number of carbonyl (C=O) groups excluding carboxylic acids is 1. The van der Waals surface area contributed by atoms with Gasteiger partial charge in [-0.2, -0.15) is 5.10 Å². The number of non-ortho nitro benzene ring substituents is 1. The van der Waals surface area contributed by atoms with Crippen LogP contribution in [-0.4, -0.2) is 37.6 Å². The van der Waals surface area contributed by atoms with E-state index in [2.05, 4.69) is 20.7 Å². The number of hydrazone groups is 1. The van der Waals surface area contributed by atoms with Crippen molar-refractivity contribution in [2.45, 2.75) is 25.5 Å². The van der Waals surface area contributed by atoms with E-state index in [-0.39, 0.29) is 22.4 Å². The summed E-state index contributed by atoms with van der Waals surface area (Å²) in [5, 5.41) is 24.1. The van der Waals surface area contributed by atoms with Gasteiger partial charge in [-0.05, 0) is 19.9 Å². The van der Waals surface area contributed by atoms with E-state index in [1.54, 1.807) is 0 Å². The third kappa shape index (κ3) is 5.68. The Labute approximate surface area is 187 Å². The fraction of sp³-hybridized carbons (Fsp3) is 0.200. The van der Waals surface area contributed by atoms with Crippen molar-refractivity contribution in [2.75, 3.05) is 5.75 Å². The minimum absolute atomic E-state index is 0.0754. The average Bonchev–Trinajstić information content (AvgIpc) is 3.16. The van der Waals surface area contributed by atoms with Crippen LogP contribution < -0.4 is 5.43 Å². The van der Waals surface area contributed by atoms with Crippen LogP contribution >= 0.6 is 23.4 Å². The summed E-state index contributed by atoms with van der Waals surface area (Å²) in [4.78, 5) is 22.5. The van der Waals surface area contributed by atoms with E-state index in [4.69, 9.17) is 11.6 Å². The lowest BCUT2D eigenvalue weighted by molar-refractivity contribution is -0.384. The quantitative estimate of drug-likeness (QED) is 0.235. The molecule has 3 aromatic rings. The molecule has 0 spiro atoms. The van der Waals surface area contributed by atoms with E-state index in [0.717, 1.165) is 17.0 Å². The lowest BCUT2D eigenvalue weighted by Gasteiger charge is -2.07. The van der Waals surface area contributed by atoms with Crippen LogP contribution in [0.2, 0.25) is 5.02 Å². The monoisotopic (exact) mass is 458 g/mol. The largest absolute Gasteiger partial charge is 0.302 e. The first-order valence-corrected chi connectivity index (χ1v) is 10.6. The molecule has 0 aliphatic heterocycles. The molecule has 0 bridgehead atoms. The summed E-state index contributed by atoms with van der Waals surface area (Å²) in [6.07, 6.45) is 1.27. The molecule has 160 valence electrons. The summed E-state index contributed by atoms with van der Waals surface area (Å²) in [6, 6.07) is 12.0. The molecular weight excluding hydrogens is 440 g/mol. The molecule has 1 heterocycles. The summed E-state index contributed by atoms with van der Waals surface area (Å²) in [7, 11) is 0. The molecule has 3 rings (SSSR count). The zero-order chi connectivity index (χ0) is 22.4. The molecule has 11 heteroatoms. The molecule has 0 aliphatic carbocycles. The standard InChI is InChI=1S/C20H19ClN6O3S/c1-3-26-19(14-6-4-13(2)5-7-14)24-25-20(26)31-12-18(28)23-22-11-15-10-16(27(29)30)8-9-17(15)21/h4-11H,3,12H2,1-2H3,(H,23,28)/b22-11+. The third-order valence-corrected chi connectivity index (χ3v) is 5.57. The lowest BCUT2D eigenvalue weighted by Crippen LogP contribution is -2.20. The van der Waals surface area contributed by atoms with Crippen LogP contribution in [0.25, 0.3) is 11.4 Å². The molecule has 1 amide bonds. The molecule has 9 nitrogen and oxygen atoms in total. The fourth-order valence-electron chi connectivity index (χ4n) is 2.68. The number of nitrogens with one attached hydrogen (secondary N) is 1. The average molecular weight is 459 g/mol. The van der Waals surface area contributed by atoms with Gasteiger partial charge in [0, 0.05) is 34.8 Å². The van der Waals surface area contributed by atoms with Gasteiger partial charge in [0.05, 0.1) is 16.9 Å². The second kappa shape index (κ2) is 10.2. The Bertz CT molecular complexity index is 1130. The number of halogens is 1. The number of hydrogen-bond acceptors (Lipinski definition) is 7. The van der Waals surface area contributed by atoms with Gasteiger partial charge < -0.3 is 4.57 Å². The predicted octanol–water partition coefficient (Wildman–Crippen LogP) is 4.08. The molecule has 0 fully saturated rings. The maximum absolute atomic E-state index is 12.1. The maximum Gasteiger partial charge on any atom is 0.270 e. The highest BCUT2D eigenvalue weighted by Crippen LogP contribution is 2.24. The van der Waals surface area contributed by atoms with E-state index in [1.165, 1.54) is 36.2 Å². The predicted molar refractivity (Wildman–Crippen MR) is 120 cm³/mol. The highest BCUT2D eigenvalue weighted by atomic mass is 35.5. The van der Waals surface area contributed by atoms with Crippen molar-refractivity contribution >= 4 is 41.2 Å². The number of aryl methyl sites for hydroxylation is 1. The van der Waals surface area contributed by atoms with Crippen molar-refractivity contribution in [3.63, 3.8) is 0 Å². The van der Waals surface area contributed by atoms with Gasteiger partial charge in [-0.15, -0.1) is 10.2 Å². The number of hydrogen-bond donors (Lipinski definition) is 1. The Hall–Kier alpha value is -3.24. The summed E-state index contributed by atoms with van der Waals surface area (Å²) in [5.41, 5.74) is 4.71. The Balaban J connectivity index is 1.61. The number of amides is 1. The highest BCUT2D eigenvalue weighted by molar-refractivity contribution is 7.99. The zero-order valence-corrected chi connectivity index (χ0v) is 18.4. The molecule has 0 saturated carbocycles. The van der Waals surface area contributed by atoms with Crippen molar-refractivity contribution in [1.82, 2.24) is 20.2 Å². The second-order valence-electron chi connectivity index (χ2n) is 6.46. The first-order valence-electron chi connectivity index (χ1n) is 9.28. The molecule has 0 aliphatic rings. The minimum Gasteiger partial charge on any atom is -0.302 e. The third-order valence-electron chi connectivity index (χ3n) is 4.26. The van der Waals surface area contributed by atoms with E-state index in [0.29, 0.717) is 17.3 Å². The van der Waals surface area contributed by atoms with E-state index >= 15 is 0 Å². The van der Waals surface area contributed by atoms with Crippen LogP contribution in [0, 0.1) is 17.0 Å². The van der Waals surface area contributed by atoms with Crippen LogP contribution in [0.15, 0.2) is 52.7 Å². The van der Waals surface area contributed by atoms with Crippen molar-refractivity contribution in [1.29, 1.82) is 0 Å². The SMILES string of the molecule is CCn1c(SCC(=O)N/N=C/c2cc([N+](=O)[O-])ccc2Cl)nnc1-c1ccc(C)cc1. The maximum atomic E-state index is 12.1. The fourth-order valence-corrected chi connectivity index (χ4v) is 3.64. The summed E-state index contributed by atoms with van der Waals surface area (Å²) >= 11 is 7.25. The number of nitro groups is 1. The molecule has 0 atom stereocenters. The van der Waals surface area contributed by atoms with Gasteiger partial charge in [0.25, 0.3) is 11.6 Å². The molecule has 0 saturated heterocycles. The van der Waals surface area contributed by atoms with E-state index in [1.807, 2.05) is 42.7 Å². The van der Waals surface area contributed by atoms with Crippen molar-refractivity contribution < 1.29 is 9.72 Å². The van der Waals surface area contributed by atoms with Gasteiger partial charge in [0.15, 0.2) is 11.0 Å². The number of nitro benzene ring substituents is 1. The summed E-state index contributed by atoms with van der Waals surface area (Å²) in [5.74, 6) is 0.459. The Morgan fingerprint density at radius 2 is 2.03 bits per heavy atom. The molecule has 0 radical (unpaired) electrons. The summed E-state index contributed by atoms with van der Waals surface area (Å²) < 4.78 is 1.94. The van der Waals surface area contributed by atoms with Crippen molar-refractivity contribution in [2.24, 2.45) is 5.10 Å². The molecule has 0 unspecified atom stereocenters. The van der Waals surface area contributed by atoms with E-state index in [9.17, 15) is 14.9 Å². The number of carbonyl (C=O) groups is 1. The zero-order valence-electron chi connectivity index (χ0n) is 16.8.